The number of ether oxygens (including phenoxy) is 2. The Bertz CT molecular complexity index is 718. The van der Waals surface area contributed by atoms with Gasteiger partial charge in [0.2, 0.25) is 5.91 Å². The van der Waals surface area contributed by atoms with Crippen LogP contribution in [0.3, 0.4) is 0 Å². The standard InChI is InChI=1S/C23H36N4O3/c1-4-17(3)22(28)26-19-9-6-8-18(14-19)15-25-23(24-5-2)27-11-13-30-21(16-27)20-10-7-12-29-20/h6,8-9,14,17,20-21H,4-5,7,10-13,15-16H2,1-3H3,(H,24,25)(H,26,28). The van der Waals surface area contributed by atoms with Crippen LogP contribution in [-0.2, 0) is 20.8 Å². The van der Waals surface area contributed by atoms with Crippen LogP contribution in [-0.4, -0.2) is 61.8 Å². The summed E-state index contributed by atoms with van der Waals surface area (Å²) in [5, 5.41) is 6.42. The van der Waals surface area contributed by atoms with Gasteiger partial charge in [-0.2, -0.15) is 0 Å². The summed E-state index contributed by atoms with van der Waals surface area (Å²) in [5.41, 5.74) is 1.89. The minimum absolute atomic E-state index is 0.00477. The van der Waals surface area contributed by atoms with Crippen LogP contribution in [0.2, 0.25) is 0 Å². The van der Waals surface area contributed by atoms with Crippen molar-refractivity contribution in [3.8, 4) is 0 Å². The predicted molar refractivity (Wildman–Crippen MR) is 120 cm³/mol. The lowest BCUT2D eigenvalue weighted by Crippen LogP contribution is -2.53. The van der Waals surface area contributed by atoms with Crippen LogP contribution < -0.4 is 10.6 Å². The molecule has 0 saturated carbocycles. The zero-order chi connectivity index (χ0) is 21.3. The second-order valence-corrected chi connectivity index (χ2v) is 8.08. The summed E-state index contributed by atoms with van der Waals surface area (Å²) in [7, 11) is 0. The first kappa shape index (κ1) is 22.6. The van der Waals surface area contributed by atoms with E-state index in [0.29, 0.717) is 13.2 Å². The molecular formula is C23H36N4O3. The molecule has 2 aliphatic heterocycles. The molecule has 1 amide bonds. The summed E-state index contributed by atoms with van der Waals surface area (Å²) < 4.78 is 11.8. The Labute approximate surface area is 180 Å². The van der Waals surface area contributed by atoms with Crippen molar-refractivity contribution >= 4 is 17.6 Å². The Balaban J connectivity index is 1.64. The summed E-state index contributed by atoms with van der Waals surface area (Å²) in [6.45, 7) is 10.5. The highest BCUT2D eigenvalue weighted by Gasteiger charge is 2.32. The topological polar surface area (TPSA) is 75.2 Å². The number of anilines is 1. The van der Waals surface area contributed by atoms with Crippen LogP contribution in [0, 0.1) is 5.92 Å². The third kappa shape index (κ3) is 6.19. The van der Waals surface area contributed by atoms with Crippen molar-refractivity contribution in [2.45, 2.75) is 58.8 Å². The molecule has 3 atom stereocenters. The van der Waals surface area contributed by atoms with E-state index in [0.717, 1.165) is 62.7 Å². The van der Waals surface area contributed by atoms with Crippen molar-refractivity contribution in [3.63, 3.8) is 0 Å². The lowest BCUT2D eigenvalue weighted by molar-refractivity contribution is -0.119. The molecule has 2 fully saturated rings. The molecule has 3 rings (SSSR count). The van der Waals surface area contributed by atoms with E-state index >= 15 is 0 Å². The maximum atomic E-state index is 12.2. The van der Waals surface area contributed by atoms with E-state index < -0.39 is 0 Å². The molecule has 0 spiro atoms. The highest BCUT2D eigenvalue weighted by atomic mass is 16.5. The van der Waals surface area contributed by atoms with Gasteiger partial charge in [0.1, 0.15) is 6.10 Å². The third-order valence-electron chi connectivity index (χ3n) is 5.77. The molecular weight excluding hydrogens is 380 g/mol. The molecule has 7 heteroatoms. The number of guanidine groups is 1. The summed E-state index contributed by atoms with van der Waals surface area (Å²) in [6.07, 6.45) is 3.31. The van der Waals surface area contributed by atoms with Gasteiger partial charge >= 0.3 is 0 Å². The molecule has 0 bridgehead atoms. The second-order valence-electron chi connectivity index (χ2n) is 8.08. The quantitative estimate of drug-likeness (QED) is 0.528. The molecule has 1 aromatic carbocycles. The zero-order valence-electron chi connectivity index (χ0n) is 18.5. The van der Waals surface area contributed by atoms with Crippen LogP contribution in [0.1, 0.15) is 45.6 Å². The van der Waals surface area contributed by atoms with Crippen LogP contribution in [0.5, 0.6) is 0 Å². The van der Waals surface area contributed by atoms with Crippen molar-refractivity contribution in [3.05, 3.63) is 29.8 Å². The number of aliphatic imine (C=N–C) groups is 1. The summed E-state index contributed by atoms with van der Waals surface area (Å²) >= 11 is 0. The molecule has 7 nitrogen and oxygen atoms in total. The zero-order valence-corrected chi connectivity index (χ0v) is 18.5. The van der Waals surface area contributed by atoms with Crippen LogP contribution >= 0.6 is 0 Å². The molecule has 2 N–H and O–H groups in total. The lowest BCUT2D eigenvalue weighted by atomic mass is 10.1. The maximum Gasteiger partial charge on any atom is 0.227 e. The number of carbonyl (C=O) groups excluding carboxylic acids is 1. The summed E-state index contributed by atoms with van der Waals surface area (Å²) in [5.74, 6) is 0.961. The Hall–Kier alpha value is -2.12. The molecule has 1 aromatic rings. The molecule has 3 unspecified atom stereocenters. The van der Waals surface area contributed by atoms with E-state index in [1.165, 1.54) is 0 Å². The van der Waals surface area contributed by atoms with Crippen LogP contribution in [0.4, 0.5) is 5.69 Å². The van der Waals surface area contributed by atoms with E-state index in [4.69, 9.17) is 14.5 Å². The van der Waals surface area contributed by atoms with Crippen LogP contribution in [0.15, 0.2) is 29.3 Å². The van der Waals surface area contributed by atoms with Crippen molar-refractivity contribution in [2.75, 3.05) is 38.2 Å². The second kappa shape index (κ2) is 11.3. The number of amides is 1. The Kier molecular flexibility index (Phi) is 8.51. The van der Waals surface area contributed by atoms with Gasteiger partial charge in [0.15, 0.2) is 5.96 Å². The first-order valence-corrected chi connectivity index (χ1v) is 11.3. The van der Waals surface area contributed by atoms with Gasteiger partial charge < -0.3 is 25.0 Å². The average molecular weight is 417 g/mol. The number of hydrogen-bond acceptors (Lipinski definition) is 4. The van der Waals surface area contributed by atoms with E-state index in [1.807, 2.05) is 38.1 Å². The molecule has 0 aromatic heterocycles. The predicted octanol–water partition coefficient (Wildman–Crippen LogP) is 3.02. The molecule has 166 valence electrons. The van der Waals surface area contributed by atoms with Gasteiger partial charge in [0.25, 0.3) is 0 Å². The molecule has 0 aliphatic carbocycles. The molecule has 30 heavy (non-hydrogen) atoms. The minimum Gasteiger partial charge on any atom is -0.375 e. The number of benzene rings is 1. The van der Waals surface area contributed by atoms with E-state index in [1.54, 1.807) is 0 Å². The van der Waals surface area contributed by atoms with Crippen LogP contribution in [0.25, 0.3) is 0 Å². The Morgan fingerprint density at radius 3 is 2.83 bits per heavy atom. The van der Waals surface area contributed by atoms with Crippen molar-refractivity contribution < 1.29 is 14.3 Å². The van der Waals surface area contributed by atoms with E-state index in [2.05, 4.69) is 22.5 Å². The Morgan fingerprint density at radius 1 is 1.27 bits per heavy atom. The minimum atomic E-state index is 0.00477. The number of morpholine rings is 1. The highest BCUT2D eigenvalue weighted by molar-refractivity contribution is 5.92. The summed E-state index contributed by atoms with van der Waals surface area (Å²) in [6, 6.07) is 7.93. The average Bonchev–Trinajstić information content (AvgIpc) is 3.31. The van der Waals surface area contributed by atoms with Gasteiger partial charge in [-0.3, -0.25) is 4.79 Å². The fourth-order valence-corrected chi connectivity index (χ4v) is 3.78. The summed E-state index contributed by atoms with van der Waals surface area (Å²) in [4.78, 5) is 19.3. The fraction of sp³-hybridized carbons (Fsp3) is 0.652. The van der Waals surface area contributed by atoms with Crippen molar-refractivity contribution in [2.24, 2.45) is 10.9 Å². The maximum absolute atomic E-state index is 12.2. The van der Waals surface area contributed by atoms with Gasteiger partial charge in [-0.1, -0.05) is 26.0 Å². The third-order valence-corrected chi connectivity index (χ3v) is 5.77. The molecule has 2 heterocycles. The largest absolute Gasteiger partial charge is 0.375 e. The van der Waals surface area contributed by atoms with Gasteiger partial charge in [-0.05, 0) is 43.9 Å². The van der Waals surface area contributed by atoms with Gasteiger partial charge in [-0.25, -0.2) is 4.99 Å². The van der Waals surface area contributed by atoms with Crippen molar-refractivity contribution in [1.82, 2.24) is 10.2 Å². The number of nitrogens with zero attached hydrogens (tertiary/aromatic N) is 2. The van der Waals surface area contributed by atoms with Gasteiger partial charge in [0, 0.05) is 37.8 Å². The lowest BCUT2D eigenvalue weighted by Gasteiger charge is -2.37. The number of hydrogen-bond donors (Lipinski definition) is 2. The van der Waals surface area contributed by atoms with E-state index in [-0.39, 0.29) is 24.0 Å². The van der Waals surface area contributed by atoms with Gasteiger partial charge in [0.05, 0.1) is 19.3 Å². The normalized spacial score (nSPS) is 23.3. The Morgan fingerprint density at radius 2 is 2.10 bits per heavy atom. The number of carbonyl (C=O) groups is 1. The first-order valence-electron chi connectivity index (χ1n) is 11.3. The van der Waals surface area contributed by atoms with Gasteiger partial charge in [-0.15, -0.1) is 0 Å². The SMILES string of the molecule is CCNC(=NCc1cccc(NC(=O)C(C)CC)c1)N1CCOC(C2CCCO2)C1. The molecule has 2 aliphatic rings. The highest BCUT2D eigenvalue weighted by Crippen LogP contribution is 2.21. The fourth-order valence-electron chi connectivity index (χ4n) is 3.78. The molecule has 2 saturated heterocycles. The molecule has 0 radical (unpaired) electrons. The monoisotopic (exact) mass is 416 g/mol. The first-order chi connectivity index (χ1) is 14.6. The number of nitrogens with one attached hydrogen (secondary N) is 2. The van der Waals surface area contributed by atoms with Crippen molar-refractivity contribution in [1.29, 1.82) is 0 Å². The smallest absolute Gasteiger partial charge is 0.227 e. The van der Waals surface area contributed by atoms with E-state index in [9.17, 15) is 4.79 Å². The number of rotatable bonds is 7.